The summed E-state index contributed by atoms with van der Waals surface area (Å²) in [5.74, 6) is -0.0103. The van der Waals surface area contributed by atoms with Crippen LogP contribution in [-0.2, 0) is 19.1 Å². The van der Waals surface area contributed by atoms with E-state index in [1.165, 1.54) is 11.1 Å². The first-order chi connectivity index (χ1) is 23.8. The van der Waals surface area contributed by atoms with E-state index in [2.05, 4.69) is 111 Å². The second kappa shape index (κ2) is 16.5. The van der Waals surface area contributed by atoms with E-state index in [4.69, 9.17) is 18.9 Å². The molecule has 0 saturated heterocycles. The van der Waals surface area contributed by atoms with E-state index in [1.54, 1.807) is 0 Å². The molecule has 0 aliphatic carbocycles. The van der Waals surface area contributed by atoms with Crippen LogP contribution in [-0.4, -0.2) is 25.5 Å². The van der Waals surface area contributed by atoms with Gasteiger partial charge < -0.3 is 23.8 Å². The van der Waals surface area contributed by atoms with Crippen molar-refractivity contribution in [1.82, 2.24) is 0 Å². The quantitative estimate of drug-likeness (QED) is 0.0512. The lowest BCUT2D eigenvalue weighted by atomic mass is 9.95. The number of anilines is 3. The number of carbonyl (C=O) groups excluding carboxylic acids is 2. The molecule has 0 amide bonds. The Hall–Kier alpha value is -6.34. The van der Waals surface area contributed by atoms with Crippen LogP contribution in [0.3, 0.4) is 0 Å². The molecule has 0 spiro atoms. The average Bonchev–Trinajstić information content (AvgIpc) is 3.13. The summed E-state index contributed by atoms with van der Waals surface area (Å²) >= 11 is 0. The van der Waals surface area contributed by atoms with E-state index in [0.717, 1.165) is 51.5 Å². The summed E-state index contributed by atoms with van der Waals surface area (Å²) in [5.41, 5.74) is 9.41. The van der Waals surface area contributed by atoms with Crippen molar-refractivity contribution in [2.45, 2.75) is 13.8 Å². The van der Waals surface area contributed by atoms with Crippen LogP contribution in [0.25, 0.3) is 11.6 Å². The zero-order valence-corrected chi connectivity index (χ0v) is 27.5. The zero-order valence-electron chi connectivity index (χ0n) is 27.5. The van der Waals surface area contributed by atoms with Crippen LogP contribution >= 0.6 is 0 Å². The second-order valence-electron chi connectivity index (χ2n) is 11.1. The molecule has 0 fully saturated rings. The topological polar surface area (TPSA) is 74.3 Å². The summed E-state index contributed by atoms with van der Waals surface area (Å²) in [7, 11) is 0. The van der Waals surface area contributed by atoms with Crippen molar-refractivity contribution in [2.24, 2.45) is 0 Å². The first-order valence-electron chi connectivity index (χ1n) is 15.6. The van der Waals surface area contributed by atoms with Crippen LogP contribution in [0.15, 0.2) is 147 Å². The number of carbonyl (C=O) groups is 2. The summed E-state index contributed by atoms with van der Waals surface area (Å²) in [6, 6.07) is 40.5. The third kappa shape index (κ3) is 9.36. The Balaban J connectivity index is 1.45. The number of rotatable bonds is 14. The maximum atomic E-state index is 11.4. The van der Waals surface area contributed by atoms with Gasteiger partial charge in [0.25, 0.3) is 0 Å². The van der Waals surface area contributed by atoms with Crippen LogP contribution in [0.4, 0.5) is 17.1 Å². The number of nitrogens with zero attached hydrogens (tertiary/aromatic N) is 1. The molecule has 0 saturated carbocycles. The Morgan fingerprint density at radius 2 is 0.918 bits per heavy atom. The van der Waals surface area contributed by atoms with Gasteiger partial charge >= 0.3 is 11.9 Å². The summed E-state index contributed by atoms with van der Waals surface area (Å²) in [4.78, 5) is 25.0. The average molecular weight is 652 g/mol. The fourth-order valence-corrected chi connectivity index (χ4v) is 4.94. The summed E-state index contributed by atoms with van der Waals surface area (Å²) in [6.07, 6.45) is 4.29. The molecule has 7 nitrogen and oxygen atoms in total. The van der Waals surface area contributed by atoms with Crippen molar-refractivity contribution < 1.29 is 28.5 Å². The Morgan fingerprint density at radius 3 is 1.29 bits per heavy atom. The van der Waals surface area contributed by atoms with Crippen LogP contribution < -0.4 is 14.4 Å². The molecule has 0 radical (unpaired) electrons. The van der Waals surface area contributed by atoms with Gasteiger partial charge in [-0.2, -0.15) is 0 Å². The van der Waals surface area contributed by atoms with E-state index in [9.17, 15) is 9.59 Å². The van der Waals surface area contributed by atoms with E-state index in [-0.39, 0.29) is 13.6 Å². The van der Waals surface area contributed by atoms with Crippen molar-refractivity contribution in [3.8, 4) is 11.5 Å². The number of benzene rings is 5. The van der Waals surface area contributed by atoms with Crippen molar-refractivity contribution in [1.29, 1.82) is 0 Å². The molecular weight excluding hydrogens is 614 g/mol. The molecule has 0 N–H and O–H groups in total. The van der Waals surface area contributed by atoms with Crippen molar-refractivity contribution in [2.75, 3.05) is 18.5 Å². The normalized spacial score (nSPS) is 10.3. The lowest BCUT2D eigenvalue weighted by Gasteiger charge is -2.26. The Morgan fingerprint density at radius 1 is 0.551 bits per heavy atom. The molecule has 0 aromatic heterocycles. The molecule has 0 atom stereocenters. The number of hydrogen-bond donors (Lipinski definition) is 0. The fourth-order valence-electron chi connectivity index (χ4n) is 4.94. The second-order valence-corrected chi connectivity index (χ2v) is 11.1. The molecule has 0 heterocycles. The Labute approximate surface area is 287 Å². The van der Waals surface area contributed by atoms with Crippen LogP contribution in [0.2, 0.25) is 0 Å². The van der Waals surface area contributed by atoms with Crippen molar-refractivity contribution >= 4 is 40.6 Å². The monoisotopic (exact) mass is 651 g/mol. The molecule has 0 bridgehead atoms. The predicted molar refractivity (Wildman–Crippen MR) is 194 cm³/mol. The third-order valence-electron chi connectivity index (χ3n) is 7.56. The number of ether oxygens (including phenoxy) is 4. The van der Waals surface area contributed by atoms with Gasteiger partial charge in [0.15, 0.2) is 0 Å². The smallest absolute Gasteiger partial charge is 0.333 e. The van der Waals surface area contributed by atoms with Gasteiger partial charge in [0, 0.05) is 29.2 Å². The van der Waals surface area contributed by atoms with E-state index < -0.39 is 11.9 Å². The SMILES string of the molecule is C=CC(=O)OCOc1ccc(C(=Cc2ccc(N(c3ccc(C)cc3)c3ccc(C)cc3)cc2)c2ccc(OCOC(=O)C=C)cc2)cc1. The third-order valence-corrected chi connectivity index (χ3v) is 7.56. The molecule has 7 heteroatoms. The molecular formula is C42H37NO6. The summed E-state index contributed by atoms with van der Waals surface area (Å²) in [6.45, 7) is 10.5. The molecule has 49 heavy (non-hydrogen) atoms. The highest BCUT2D eigenvalue weighted by atomic mass is 16.7. The van der Waals surface area contributed by atoms with Gasteiger partial charge in [0.2, 0.25) is 13.6 Å². The Bertz CT molecular complexity index is 1790. The predicted octanol–water partition coefficient (Wildman–Crippen LogP) is 9.49. The number of esters is 2. The Kier molecular flexibility index (Phi) is 11.4. The molecule has 5 rings (SSSR count). The number of hydrogen-bond acceptors (Lipinski definition) is 7. The minimum Gasteiger partial charge on any atom is -0.457 e. The van der Waals surface area contributed by atoms with Gasteiger partial charge in [0.05, 0.1) is 0 Å². The maximum absolute atomic E-state index is 11.4. The van der Waals surface area contributed by atoms with E-state index in [0.29, 0.717) is 11.5 Å². The van der Waals surface area contributed by atoms with Gasteiger partial charge in [-0.1, -0.05) is 84.9 Å². The standard InChI is InChI=1S/C42H37NO6/c1-5-41(44)48-28-46-38-23-13-33(14-24-38)40(34-15-25-39(26-16-34)47-29-49-42(45)6-2)27-32-11-21-37(22-12-32)43(35-17-7-30(3)8-18-35)36-19-9-31(4)10-20-36/h5-27H,1-2,28-29H2,3-4H3. The van der Waals surface area contributed by atoms with Gasteiger partial charge in [-0.3, -0.25) is 0 Å². The van der Waals surface area contributed by atoms with Crippen LogP contribution in [0, 0.1) is 13.8 Å². The van der Waals surface area contributed by atoms with Crippen LogP contribution in [0.1, 0.15) is 27.8 Å². The van der Waals surface area contributed by atoms with Crippen molar-refractivity contribution in [3.63, 3.8) is 0 Å². The lowest BCUT2D eigenvalue weighted by Crippen LogP contribution is -2.09. The highest BCUT2D eigenvalue weighted by Gasteiger charge is 2.13. The molecule has 0 aliphatic rings. The molecule has 0 unspecified atom stereocenters. The van der Waals surface area contributed by atoms with Gasteiger partial charge in [-0.25, -0.2) is 9.59 Å². The van der Waals surface area contributed by atoms with E-state index in [1.807, 2.05) is 48.5 Å². The first-order valence-corrected chi connectivity index (χ1v) is 15.6. The summed E-state index contributed by atoms with van der Waals surface area (Å²) < 4.78 is 21.0. The first kappa shape index (κ1) is 34.0. The van der Waals surface area contributed by atoms with Gasteiger partial charge in [-0.05, 0) is 103 Å². The largest absolute Gasteiger partial charge is 0.457 e. The van der Waals surface area contributed by atoms with Gasteiger partial charge in [-0.15, -0.1) is 0 Å². The van der Waals surface area contributed by atoms with Crippen molar-refractivity contribution in [3.05, 3.63) is 174 Å². The van der Waals surface area contributed by atoms with Gasteiger partial charge in [0.1, 0.15) is 11.5 Å². The highest BCUT2D eigenvalue weighted by molar-refractivity contribution is 5.92. The number of aryl methyl sites for hydroxylation is 2. The zero-order chi connectivity index (χ0) is 34.6. The van der Waals surface area contributed by atoms with Crippen LogP contribution in [0.5, 0.6) is 11.5 Å². The minimum atomic E-state index is -0.556. The molecule has 5 aromatic rings. The lowest BCUT2D eigenvalue weighted by molar-refractivity contribution is -0.145. The molecule has 246 valence electrons. The molecule has 5 aromatic carbocycles. The van der Waals surface area contributed by atoms with E-state index >= 15 is 0 Å². The minimum absolute atomic E-state index is 0.217. The summed E-state index contributed by atoms with van der Waals surface area (Å²) in [5, 5.41) is 0. The highest BCUT2D eigenvalue weighted by Crippen LogP contribution is 2.36. The fraction of sp³-hybridized carbons (Fsp3) is 0.0952. The maximum Gasteiger partial charge on any atom is 0.333 e. The molecule has 0 aliphatic heterocycles.